The lowest BCUT2D eigenvalue weighted by Gasteiger charge is -2.19. The van der Waals surface area contributed by atoms with Crippen LogP contribution in [0.4, 0.5) is 8.78 Å². The van der Waals surface area contributed by atoms with Crippen LogP contribution in [0.1, 0.15) is 69.1 Å². The van der Waals surface area contributed by atoms with Crippen molar-refractivity contribution >= 4 is 5.97 Å². The molecule has 2 aromatic heterocycles. The highest BCUT2D eigenvalue weighted by atomic mass is 19.3. The molecular weight excluding hydrogens is 418 g/mol. The van der Waals surface area contributed by atoms with Crippen LogP contribution in [0.25, 0.3) is 11.6 Å². The summed E-state index contributed by atoms with van der Waals surface area (Å²) in [5.41, 5.74) is 1.17. The lowest BCUT2D eigenvalue weighted by atomic mass is 9.91. The molecule has 0 atom stereocenters. The van der Waals surface area contributed by atoms with Gasteiger partial charge in [-0.3, -0.25) is 9.48 Å². The number of alkyl halides is 2. The quantitative estimate of drug-likeness (QED) is 0.478. The van der Waals surface area contributed by atoms with E-state index in [2.05, 4.69) is 21.3 Å². The minimum absolute atomic E-state index is 0.0250. The number of esters is 1. The second-order valence-electron chi connectivity index (χ2n) is 9.13. The van der Waals surface area contributed by atoms with E-state index < -0.39 is 23.7 Å². The van der Waals surface area contributed by atoms with Crippen LogP contribution in [-0.4, -0.2) is 31.5 Å². The van der Waals surface area contributed by atoms with Crippen molar-refractivity contribution in [1.82, 2.24) is 19.9 Å². The Labute approximate surface area is 184 Å². The molecule has 4 rings (SSSR count). The third-order valence-electron chi connectivity index (χ3n) is 5.45. The van der Waals surface area contributed by atoms with E-state index in [-0.39, 0.29) is 30.0 Å². The molecule has 1 aliphatic carbocycles. The fourth-order valence-corrected chi connectivity index (χ4v) is 3.85. The number of rotatable bonds is 7. The zero-order valence-corrected chi connectivity index (χ0v) is 18.6. The van der Waals surface area contributed by atoms with Gasteiger partial charge in [-0.2, -0.15) is 10.1 Å². The molecule has 0 amide bonds. The minimum Gasteiger partial charge on any atom is -0.460 e. The van der Waals surface area contributed by atoms with Crippen molar-refractivity contribution < 1.29 is 22.8 Å². The van der Waals surface area contributed by atoms with Gasteiger partial charge in [0.15, 0.2) is 5.82 Å². The fourth-order valence-electron chi connectivity index (χ4n) is 3.85. The van der Waals surface area contributed by atoms with Crippen LogP contribution in [0.15, 0.2) is 34.9 Å². The van der Waals surface area contributed by atoms with Crippen LogP contribution < -0.4 is 0 Å². The van der Waals surface area contributed by atoms with Gasteiger partial charge in [-0.25, -0.2) is 8.78 Å². The number of hydrogen-bond donors (Lipinski definition) is 0. The molecule has 1 saturated carbocycles. The zero-order valence-electron chi connectivity index (χ0n) is 18.6. The summed E-state index contributed by atoms with van der Waals surface area (Å²) in [5, 5.41) is 8.12. The molecule has 3 aromatic rings. The molecule has 0 spiro atoms. The second-order valence-corrected chi connectivity index (χ2v) is 9.13. The number of ether oxygens (including phenoxy) is 1. The Hall–Kier alpha value is -3.10. The highest BCUT2D eigenvalue weighted by Crippen LogP contribution is 2.53. The first kappa shape index (κ1) is 22.1. The highest BCUT2D eigenvalue weighted by Gasteiger charge is 2.50. The Morgan fingerprint density at radius 1 is 1.28 bits per heavy atom. The van der Waals surface area contributed by atoms with Crippen LogP contribution in [-0.2, 0) is 21.5 Å². The van der Waals surface area contributed by atoms with Crippen LogP contribution in [0.5, 0.6) is 0 Å². The van der Waals surface area contributed by atoms with E-state index in [1.807, 2.05) is 25.1 Å². The molecule has 1 aliphatic rings. The van der Waals surface area contributed by atoms with E-state index in [0.717, 1.165) is 24.0 Å². The largest absolute Gasteiger partial charge is 0.460 e. The second kappa shape index (κ2) is 8.11. The molecule has 7 nitrogen and oxygen atoms in total. The van der Waals surface area contributed by atoms with Gasteiger partial charge in [0.25, 0.3) is 12.3 Å². The first-order valence-corrected chi connectivity index (χ1v) is 10.6. The Bertz CT molecular complexity index is 1130. The first-order valence-electron chi connectivity index (χ1n) is 10.6. The summed E-state index contributed by atoms with van der Waals surface area (Å²) in [7, 11) is 0. The average molecular weight is 444 g/mol. The van der Waals surface area contributed by atoms with Gasteiger partial charge in [0, 0.05) is 0 Å². The molecule has 9 heteroatoms. The van der Waals surface area contributed by atoms with E-state index in [0.29, 0.717) is 5.82 Å². The smallest absolute Gasteiger partial charge is 0.308 e. The van der Waals surface area contributed by atoms with Crippen LogP contribution in [0, 0.1) is 6.92 Å². The van der Waals surface area contributed by atoms with Crippen molar-refractivity contribution in [3.63, 3.8) is 0 Å². The lowest BCUT2D eigenvalue weighted by Crippen LogP contribution is -2.24. The van der Waals surface area contributed by atoms with Gasteiger partial charge in [0.05, 0.1) is 18.4 Å². The number of aryl methyl sites for hydroxylation is 2. The molecule has 170 valence electrons. The van der Waals surface area contributed by atoms with Crippen molar-refractivity contribution in [3.05, 3.63) is 53.0 Å². The molecule has 0 radical (unpaired) electrons. The molecule has 0 unspecified atom stereocenters. The van der Waals surface area contributed by atoms with Gasteiger partial charge >= 0.3 is 5.97 Å². The maximum absolute atomic E-state index is 13.3. The number of halogens is 2. The number of benzene rings is 1. The molecule has 2 heterocycles. The number of nitrogens with zero attached hydrogens (tertiary/aromatic N) is 4. The monoisotopic (exact) mass is 444 g/mol. The van der Waals surface area contributed by atoms with E-state index in [4.69, 9.17) is 9.26 Å². The summed E-state index contributed by atoms with van der Waals surface area (Å²) >= 11 is 0. The molecule has 1 fully saturated rings. The normalized spacial score (nSPS) is 15.2. The summed E-state index contributed by atoms with van der Waals surface area (Å²) in [6, 6.07) is 9.27. The number of carbonyl (C=O) groups is 1. The summed E-state index contributed by atoms with van der Waals surface area (Å²) < 4.78 is 38.7. The molecule has 0 bridgehead atoms. The lowest BCUT2D eigenvalue weighted by molar-refractivity contribution is -0.155. The van der Waals surface area contributed by atoms with E-state index in [1.165, 1.54) is 10.7 Å². The maximum atomic E-state index is 13.3. The van der Waals surface area contributed by atoms with Crippen LogP contribution in [0.2, 0.25) is 0 Å². The van der Waals surface area contributed by atoms with E-state index in [9.17, 15) is 13.6 Å². The van der Waals surface area contributed by atoms with Gasteiger partial charge in [-0.1, -0.05) is 29.4 Å². The molecular formula is C23H26F2N4O3. The van der Waals surface area contributed by atoms with Gasteiger partial charge in [0.1, 0.15) is 17.0 Å². The molecule has 0 aliphatic heterocycles. The van der Waals surface area contributed by atoms with Gasteiger partial charge in [-0.05, 0) is 57.7 Å². The topological polar surface area (TPSA) is 83.0 Å². The maximum Gasteiger partial charge on any atom is 0.308 e. The number of carbonyl (C=O) groups excluding carboxylic acids is 1. The fraction of sp³-hybridized carbons (Fsp3) is 0.478. The highest BCUT2D eigenvalue weighted by molar-refractivity contribution is 5.69. The molecule has 0 saturated heterocycles. The van der Waals surface area contributed by atoms with Crippen molar-refractivity contribution in [2.75, 3.05) is 0 Å². The summed E-state index contributed by atoms with van der Waals surface area (Å²) in [6.45, 7) is 7.39. The van der Waals surface area contributed by atoms with Gasteiger partial charge < -0.3 is 9.26 Å². The zero-order chi connectivity index (χ0) is 23.1. The van der Waals surface area contributed by atoms with Crippen LogP contribution in [0.3, 0.4) is 0 Å². The third-order valence-corrected chi connectivity index (χ3v) is 5.45. The Morgan fingerprint density at radius 3 is 2.62 bits per heavy atom. The Kier molecular flexibility index (Phi) is 5.60. The van der Waals surface area contributed by atoms with Gasteiger partial charge in [0.2, 0.25) is 0 Å². The summed E-state index contributed by atoms with van der Waals surface area (Å²) in [6.07, 6.45) is -1.02. The number of aromatic nitrogens is 4. The Balaban J connectivity index is 1.61. The third kappa shape index (κ3) is 4.42. The standard InChI is InChI=1S/C23H26F2N4O3/c1-14-7-5-6-8-15(14)23(10-11-23)21-26-20(32-28-21)17-13-16(19(24)25)27-29(17)12-9-18(30)31-22(2,3)4/h5-8,13,19H,9-12H2,1-4H3. The van der Waals surface area contributed by atoms with Crippen LogP contribution >= 0.6 is 0 Å². The average Bonchev–Trinajstić information content (AvgIpc) is 3.16. The van der Waals surface area contributed by atoms with E-state index in [1.54, 1.807) is 20.8 Å². The van der Waals surface area contributed by atoms with Crippen molar-refractivity contribution in [3.8, 4) is 11.6 Å². The minimum atomic E-state index is -2.76. The molecule has 32 heavy (non-hydrogen) atoms. The first-order chi connectivity index (χ1) is 15.1. The van der Waals surface area contributed by atoms with Crippen molar-refractivity contribution in [1.29, 1.82) is 0 Å². The Morgan fingerprint density at radius 2 is 2.00 bits per heavy atom. The SMILES string of the molecule is Cc1ccccc1C1(c2noc(-c3cc(C(F)F)nn3CCC(=O)OC(C)(C)C)n2)CC1. The predicted octanol–water partition coefficient (Wildman–Crippen LogP) is 4.99. The molecule has 0 N–H and O–H groups in total. The van der Waals surface area contributed by atoms with Crippen molar-refractivity contribution in [2.24, 2.45) is 0 Å². The van der Waals surface area contributed by atoms with Crippen molar-refractivity contribution in [2.45, 2.75) is 70.9 Å². The predicted molar refractivity (Wildman–Crippen MR) is 112 cm³/mol. The molecule has 1 aromatic carbocycles. The van der Waals surface area contributed by atoms with E-state index >= 15 is 0 Å². The summed E-state index contributed by atoms with van der Waals surface area (Å²) in [5.74, 6) is 0.184. The van der Waals surface area contributed by atoms with Gasteiger partial charge in [-0.15, -0.1) is 0 Å². The number of hydrogen-bond acceptors (Lipinski definition) is 6. The summed E-state index contributed by atoms with van der Waals surface area (Å²) in [4.78, 5) is 16.6.